The summed E-state index contributed by atoms with van der Waals surface area (Å²) in [5.41, 5.74) is 0.858. The highest BCUT2D eigenvalue weighted by Gasteiger charge is 2.12. The smallest absolute Gasteiger partial charge is 0.274 e. The maximum atomic E-state index is 13.7. The minimum Gasteiger partial charge on any atom is -0.378 e. The van der Waals surface area contributed by atoms with Crippen LogP contribution in [0, 0.1) is 27.3 Å². The van der Waals surface area contributed by atoms with Gasteiger partial charge in [0.15, 0.2) is 0 Å². The summed E-state index contributed by atoms with van der Waals surface area (Å²) in [7, 11) is 0. The van der Waals surface area contributed by atoms with Gasteiger partial charge in [-0.25, -0.2) is 4.39 Å². The summed E-state index contributed by atoms with van der Waals surface area (Å²) < 4.78 is 13.7. The standard InChI is InChI=1S/C14H10FN3O2/c15-12-7-10(8-16)5-6-13(12)17-9-11-3-1-2-4-14(11)18(19)20/h1-7,17H,9H2. The fourth-order valence-electron chi connectivity index (χ4n) is 1.76. The predicted octanol–water partition coefficient (Wildman–Crippen LogP) is 3.22. The van der Waals surface area contributed by atoms with Crippen molar-refractivity contribution < 1.29 is 9.31 Å². The lowest BCUT2D eigenvalue weighted by Gasteiger charge is -2.08. The van der Waals surface area contributed by atoms with E-state index >= 15 is 0 Å². The number of hydrogen-bond donors (Lipinski definition) is 1. The molecule has 0 spiro atoms. The fourth-order valence-corrected chi connectivity index (χ4v) is 1.76. The molecule has 0 fully saturated rings. The molecular weight excluding hydrogens is 261 g/mol. The number of nitro benzene ring substituents is 1. The van der Waals surface area contributed by atoms with Gasteiger partial charge in [-0.15, -0.1) is 0 Å². The van der Waals surface area contributed by atoms with Crippen molar-refractivity contribution in [3.63, 3.8) is 0 Å². The number of para-hydroxylation sites is 1. The SMILES string of the molecule is N#Cc1ccc(NCc2ccccc2[N+](=O)[O-])c(F)c1. The molecule has 2 aromatic carbocycles. The third kappa shape index (κ3) is 2.90. The monoisotopic (exact) mass is 271 g/mol. The topological polar surface area (TPSA) is 79.0 Å². The summed E-state index contributed by atoms with van der Waals surface area (Å²) in [6, 6.07) is 12.1. The first kappa shape index (κ1) is 13.5. The van der Waals surface area contributed by atoms with Crippen molar-refractivity contribution in [2.75, 3.05) is 5.32 Å². The summed E-state index contributed by atoms with van der Waals surface area (Å²) >= 11 is 0. The number of anilines is 1. The van der Waals surface area contributed by atoms with E-state index in [1.165, 1.54) is 18.2 Å². The van der Waals surface area contributed by atoms with E-state index in [1.54, 1.807) is 18.2 Å². The molecule has 5 nitrogen and oxygen atoms in total. The summed E-state index contributed by atoms with van der Waals surface area (Å²) in [4.78, 5) is 10.4. The number of halogens is 1. The first-order valence-corrected chi connectivity index (χ1v) is 5.77. The van der Waals surface area contributed by atoms with Crippen molar-refractivity contribution in [1.82, 2.24) is 0 Å². The normalized spacial score (nSPS) is 9.80. The summed E-state index contributed by atoms with van der Waals surface area (Å²) in [5.74, 6) is -0.567. The van der Waals surface area contributed by atoms with E-state index in [1.807, 2.05) is 6.07 Å². The van der Waals surface area contributed by atoms with Gasteiger partial charge in [0.05, 0.1) is 22.2 Å². The second-order valence-corrected chi connectivity index (χ2v) is 4.05. The molecule has 0 aliphatic carbocycles. The maximum Gasteiger partial charge on any atom is 0.274 e. The minimum absolute atomic E-state index is 0.0194. The van der Waals surface area contributed by atoms with Crippen LogP contribution in [0.1, 0.15) is 11.1 Å². The molecule has 2 aromatic rings. The lowest BCUT2D eigenvalue weighted by atomic mass is 10.1. The van der Waals surface area contributed by atoms with Crippen LogP contribution in [0.3, 0.4) is 0 Å². The third-order valence-electron chi connectivity index (χ3n) is 2.76. The lowest BCUT2D eigenvalue weighted by molar-refractivity contribution is -0.385. The van der Waals surface area contributed by atoms with E-state index in [4.69, 9.17) is 5.26 Å². The van der Waals surface area contributed by atoms with Crippen LogP contribution in [0.2, 0.25) is 0 Å². The first-order chi connectivity index (χ1) is 9.61. The predicted molar refractivity (Wildman–Crippen MR) is 71.5 cm³/mol. The summed E-state index contributed by atoms with van der Waals surface area (Å²) in [6.07, 6.45) is 0. The Hall–Kier alpha value is -2.94. The van der Waals surface area contributed by atoms with E-state index < -0.39 is 10.7 Å². The molecule has 0 atom stereocenters. The quantitative estimate of drug-likeness (QED) is 0.684. The van der Waals surface area contributed by atoms with Crippen LogP contribution in [-0.2, 0) is 6.54 Å². The van der Waals surface area contributed by atoms with E-state index in [0.29, 0.717) is 5.56 Å². The van der Waals surface area contributed by atoms with Crippen molar-refractivity contribution in [2.24, 2.45) is 0 Å². The van der Waals surface area contributed by atoms with Crippen LogP contribution in [0.15, 0.2) is 42.5 Å². The second kappa shape index (κ2) is 5.80. The molecule has 0 amide bonds. The van der Waals surface area contributed by atoms with Crippen LogP contribution in [-0.4, -0.2) is 4.92 Å². The maximum absolute atomic E-state index is 13.7. The average Bonchev–Trinajstić information content (AvgIpc) is 2.46. The average molecular weight is 271 g/mol. The Balaban J connectivity index is 2.18. The molecule has 0 aliphatic rings. The molecule has 2 rings (SSSR count). The van der Waals surface area contributed by atoms with Gasteiger partial charge >= 0.3 is 0 Å². The molecule has 0 saturated carbocycles. The van der Waals surface area contributed by atoms with Gasteiger partial charge in [-0.1, -0.05) is 18.2 Å². The highest BCUT2D eigenvalue weighted by Crippen LogP contribution is 2.21. The minimum atomic E-state index is -0.567. The highest BCUT2D eigenvalue weighted by atomic mass is 19.1. The van der Waals surface area contributed by atoms with Gasteiger partial charge in [0.25, 0.3) is 5.69 Å². The van der Waals surface area contributed by atoms with E-state index in [2.05, 4.69) is 5.32 Å². The zero-order valence-electron chi connectivity index (χ0n) is 10.3. The van der Waals surface area contributed by atoms with Crippen LogP contribution in [0.5, 0.6) is 0 Å². The number of nitro groups is 1. The van der Waals surface area contributed by atoms with Crippen LogP contribution < -0.4 is 5.32 Å². The Labute approximate surface area is 114 Å². The Morgan fingerprint density at radius 3 is 2.70 bits per heavy atom. The van der Waals surface area contributed by atoms with Gasteiger partial charge in [-0.2, -0.15) is 5.26 Å². The molecule has 1 N–H and O–H groups in total. The Morgan fingerprint density at radius 1 is 1.30 bits per heavy atom. The van der Waals surface area contributed by atoms with Crippen molar-refractivity contribution in [2.45, 2.75) is 6.54 Å². The van der Waals surface area contributed by atoms with Gasteiger partial charge in [0.2, 0.25) is 0 Å². The molecule has 0 heterocycles. The molecule has 20 heavy (non-hydrogen) atoms. The molecule has 0 bridgehead atoms. The van der Waals surface area contributed by atoms with E-state index in [0.717, 1.165) is 6.07 Å². The Kier molecular flexibility index (Phi) is 3.91. The molecule has 100 valence electrons. The van der Waals surface area contributed by atoms with E-state index in [-0.39, 0.29) is 23.5 Å². The van der Waals surface area contributed by atoms with Gasteiger partial charge in [-0.3, -0.25) is 10.1 Å². The van der Waals surface area contributed by atoms with E-state index in [9.17, 15) is 14.5 Å². The first-order valence-electron chi connectivity index (χ1n) is 5.77. The molecular formula is C14H10FN3O2. The number of nitriles is 1. The van der Waals surface area contributed by atoms with Crippen molar-refractivity contribution in [1.29, 1.82) is 5.26 Å². The highest BCUT2D eigenvalue weighted by molar-refractivity contribution is 5.50. The van der Waals surface area contributed by atoms with Crippen LogP contribution in [0.25, 0.3) is 0 Å². The fraction of sp³-hybridized carbons (Fsp3) is 0.0714. The molecule has 0 unspecified atom stereocenters. The number of nitrogens with one attached hydrogen (secondary N) is 1. The molecule has 0 aliphatic heterocycles. The number of rotatable bonds is 4. The van der Waals surface area contributed by atoms with Crippen molar-refractivity contribution in [3.8, 4) is 6.07 Å². The lowest BCUT2D eigenvalue weighted by Crippen LogP contribution is -2.04. The molecule has 0 radical (unpaired) electrons. The Bertz CT molecular complexity index is 695. The number of hydrogen-bond acceptors (Lipinski definition) is 4. The second-order valence-electron chi connectivity index (χ2n) is 4.05. The number of benzene rings is 2. The summed E-state index contributed by atoms with van der Waals surface area (Å²) in [6.45, 7) is 0.125. The van der Waals surface area contributed by atoms with Gasteiger partial charge in [0.1, 0.15) is 5.82 Å². The van der Waals surface area contributed by atoms with Crippen LogP contribution in [0.4, 0.5) is 15.8 Å². The number of nitrogens with zero attached hydrogens (tertiary/aromatic N) is 2. The van der Waals surface area contributed by atoms with Gasteiger partial charge in [0, 0.05) is 18.2 Å². The Morgan fingerprint density at radius 2 is 2.05 bits per heavy atom. The third-order valence-corrected chi connectivity index (χ3v) is 2.76. The van der Waals surface area contributed by atoms with Gasteiger partial charge < -0.3 is 5.32 Å². The largest absolute Gasteiger partial charge is 0.378 e. The summed E-state index contributed by atoms with van der Waals surface area (Å²) in [5, 5.41) is 22.3. The molecule has 6 heteroatoms. The van der Waals surface area contributed by atoms with Crippen molar-refractivity contribution >= 4 is 11.4 Å². The molecule has 0 saturated heterocycles. The van der Waals surface area contributed by atoms with Crippen molar-refractivity contribution in [3.05, 3.63) is 69.5 Å². The zero-order chi connectivity index (χ0) is 14.5. The zero-order valence-corrected chi connectivity index (χ0v) is 10.3. The molecule has 0 aromatic heterocycles. The van der Waals surface area contributed by atoms with Crippen LogP contribution >= 0.6 is 0 Å². The van der Waals surface area contributed by atoms with Gasteiger partial charge in [-0.05, 0) is 18.2 Å².